The first-order chi connectivity index (χ1) is 10.1. The van der Waals surface area contributed by atoms with Gasteiger partial charge < -0.3 is 19.5 Å². The van der Waals surface area contributed by atoms with E-state index in [9.17, 15) is 4.79 Å². The lowest BCUT2D eigenvalue weighted by atomic mass is 10.1. The molecular weight excluding hydrogens is 270 g/mol. The van der Waals surface area contributed by atoms with Crippen molar-refractivity contribution in [3.8, 4) is 17.2 Å². The summed E-state index contributed by atoms with van der Waals surface area (Å²) in [5.74, 6) is 2.08. The van der Waals surface area contributed by atoms with E-state index in [0.717, 1.165) is 19.3 Å². The third-order valence-corrected chi connectivity index (χ3v) is 3.98. The summed E-state index contributed by atoms with van der Waals surface area (Å²) in [5.41, 5.74) is 0.467. The molecule has 1 aromatic carbocycles. The van der Waals surface area contributed by atoms with Crippen LogP contribution in [0.15, 0.2) is 12.1 Å². The van der Waals surface area contributed by atoms with E-state index in [-0.39, 0.29) is 11.9 Å². The highest BCUT2D eigenvalue weighted by atomic mass is 16.5. The first kappa shape index (κ1) is 15.5. The van der Waals surface area contributed by atoms with Gasteiger partial charge in [-0.05, 0) is 25.2 Å². The summed E-state index contributed by atoms with van der Waals surface area (Å²) >= 11 is 0. The number of ether oxygens (including phenoxy) is 3. The van der Waals surface area contributed by atoms with Crippen LogP contribution in [-0.4, -0.2) is 33.3 Å². The molecule has 5 nitrogen and oxygen atoms in total. The molecule has 0 heterocycles. The van der Waals surface area contributed by atoms with Gasteiger partial charge in [0.25, 0.3) is 5.91 Å². The highest BCUT2D eigenvalue weighted by molar-refractivity contribution is 5.98. The fraction of sp³-hybridized carbons (Fsp3) is 0.562. The number of rotatable bonds is 5. The Balaban J connectivity index is 2.22. The molecule has 0 spiro atoms. The smallest absolute Gasteiger partial charge is 0.255 e. The van der Waals surface area contributed by atoms with Gasteiger partial charge in [0.2, 0.25) is 0 Å². The monoisotopic (exact) mass is 293 g/mol. The van der Waals surface area contributed by atoms with Crippen molar-refractivity contribution in [3.05, 3.63) is 17.7 Å². The molecule has 0 radical (unpaired) electrons. The van der Waals surface area contributed by atoms with Gasteiger partial charge in [0.1, 0.15) is 5.75 Å². The predicted molar refractivity (Wildman–Crippen MR) is 80.4 cm³/mol. The molecule has 0 aliphatic heterocycles. The predicted octanol–water partition coefficient (Wildman–Crippen LogP) is 2.63. The Bertz CT molecular complexity index is 515. The van der Waals surface area contributed by atoms with Gasteiger partial charge in [-0.3, -0.25) is 4.79 Å². The Morgan fingerprint density at radius 2 is 1.67 bits per heavy atom. The van der Waals surface area contributed by atoms with Crippen molar-refractivity contribution in [2.24, 2.45) is 5.92 Å². The Morgan fingerprint density at radius 3 is 2.19 bits per heavy atom. The van der Waals surface area contributed by atoms with Crippen molar-refractivity contribution in [1.82, 2.24) is 5.32 Å². The number of nitrogens with one attached hydrogen (secondary N) is 1. The number of methoxy groups -OCH3 is 3. The fourth-order valence-corrected chi connectivity index (χ4v) is 2.81. The molecule has 116 valence electrons. The second kappa shape index (κ2) is 6.70. The van der Waals surface area contributed by atoms with Crippen LogP contribution in [0.4, 0.5) is 0 Å². The van der Waals surface area contributed by atoms with Crippen LogP contribution >= 0.6 is 0 Å². The SMILES string of the molecule is COc1cc(OC)c(C(=O)NC2CCC(C)C2)cc1OC. The topological polar surface area (TPSA) is 56.8 Å². The van der Waals surface area contributed by atoms with E-state index in [1.165, 1.54) is 7.11 Å². The number of amides is 1. The van der Waals surface area contributed by atoms with Crippen molar-refractivity contribution < 1.29 is 19.0 Å². The lowest BCUT2D eigenvalue weighted by molar-refractivity contribution is 0.0933. The van der Waals surface area contributed by atoms with E-state index < -0.39 is 0 Å². The number of carbonyl (C=O) groups is 1. The van der Waals surface area contributed by atoms with Crippen molar-refractivity contribution in [2.75, 3.05) is 21.3 Å². The Labute approximate surface area is 125 Å². The lowest BCUT2D eigenvalue weighted by Crippen LogP contribution is -2.33. The molecule has 2 atom stereocenters. The van der Waals surface area contributed by atoms with Crippen molar-refractivity contribution in [2.45, 2.75) is 32.2 Å². The zero-order chi connectivity index (χ0) is 15.4. The number of hydrogen-bond acceptors (Lipinski definition) is 4. The van der Waals surface area contributed by atoms with Crippen LogP contribution in [0.2, 0.25) is 0 Å². The molecule has 2 rings (SSSR count). The van der Waals surface area contributed by atoms with Gasteiger partial charge in [-0.2, -0.15) is 0 Å². The average molecular weight is 293 g/mol. The molecule has 1 N–H and O–H groups in total. The maximum absolute atomic E-state index is 12.5. The van der Waals surface area contributed by atoms with Gasteiger partial charge in [0.15, 0.2) is 11.5 Å². The van der Waals surface area contributed by atoms with E-state index in [0.29, 0.717) is 28.7 Å². The molecular formula is C16H23NO4. The summed E-state index contributed by atoms with van der Waals surface area (Å²) in [6.07, 6.45) is 3.22. The minimum atomic E-state index is -0.132. The first-order valence-electron chi connectivity index (χ1n) is 7.19. The van der Waals surface area contributed by atoms with Crippen LogP contribution in [0.1, 0.15) is 36.5 Å². The van der Waals surface area contributed by atoms with Crippen LogP contribution in [0.25, 0.3) is 0 Å². The zero-order valence-electron chi connectivity index (χ0n) is 13.1. The molecule has 1 aliphatic carbocycles. The summed E-state index contributed by atoms with van der Waals surface area (Å²) < 4.78 is 15.8. The second-order valence-electron chi connectivity index (χ2n) is 5.50. The molecule has 0 saturated heterocycles. The first-order valence-corrected chi connectivity index (χ1v) is 7.19. The highest BCUT2D eigenvalue weighted by Gasteiger charge is 2.25. The summed E-state index contributed by atoms with van der Waals surface area (Å²) in [7, 11) is 4.64. The standard InChI is InChI=1S/C16H23NO4/c1-10-5-6-11(7-10)17-16(18)12-8-14(20-3)15(21-4)9-13(12)19-2/h8-11H,5-7H2,1-4H3,(H,17,18). The molecule has 5 heteroatoms. The maximum atomic E-state index is 12.5. The molecule has 0 aromatic heterocycles. The molecule has 1 amide bonds. The third-order valence-electron chi connectivity index (χ3n) is 3.98. The van der Waals surface area contributed by atoms with Crippen molar-refractivity contribution >= 4 is 5.91 Å². The highest BCUT2D eigenvalue weighted by Crippen LogP contribution is 2.35. The molecule has 1 aliphatic rings. The molecule has 2 unspecified atom stereocenters. The number of benzene rings is 1. The summed E-state index contributed by atoms with van der Waals surface area (Å²) in [6.45, 7) is 2.21. The summed E-state index contributed by atoms with van der Waals surface area (Å²) in [5, 5.41) is 3.07. The third kappa shape index (κ3) is 3.40. The van der Waals surface area contributed by atoms with E-state index in [4.69, 9.17) is 14.2 Å². The second-order valence-corrected chi connectivity index (χ2v) is 5.50. The van der Waals surface area contributed by atoms with E-state index in [1.54, 1.807) is 26.4 Å². The van der Waals surface area contributed by atoms with Gasteiger partial charge in [0, 0.05) is 18.2 Å². The van der Waals surface area contributed by atoms with Crippen LogP contribution in [0.3, 0.4) is 0 Å². The molecule has 1 saturated carbocycles. The molecule has 1 aromatic rings. The van der Waals surface area contributed by atoms with Gasteiger partial charge in [-0.25, -0.2) is 0 Å². The van der Waals surface area contributed by atoms with Gasteiger partial charge >= 0.3 is 0 Å². The lowest BCUT2D eigenvalue weighted by Gasteiger charge is -2.16. The molecule has 21 heavy (non-hydrogen) atoms. The Morgan fingerprint density at radius 1 is 1.05 bits per heavy atom. The fourth-order valence-electron chi connectivity index (χ4n) is 2.81. The largest absolute Gasteiger partial charge is 0.496 e. The normalized spacial score (nSPS) is 21.0. The Hall–Kier alpha value is -1.91. The summed E-state index contributed by atoms with van der Waals surface area (Å²) in [4.78, 5) is 12.5. The van der Waals surface area contributed by atoms with Gasteiger partial charge in [-0.15, -0.1) is 0 Å². The minimum Gasteiger partial charge on any atom is -0.496 e. The molecule has 0 bridgehead atoms. The summed E-state index contributed by atoms with van der Waals surface area (Å²) in [6, 6.07) is 3.57. The number of hydrogen-bond donors (Lipinski definition) is 1. The van der Waals surface area contributed by atoms with Crippen molar-refractivity contribution in [1.29, 1.82) is 0 Å². The minimum absolute atomic E-state index is 0.132. The van der Waals surface area contributed by atoms with Crippen molar-refractivity contribution in [3.63, 3.8) is 0 Å². The maximum Gasteiger partial charge on any atom is 0.255 e. The van der Waals surface area contributed by atoms with Crippen LogP contribution < -0.4 is 19.5 Å². The van der Waals surface area contributed by atoms with Crippen LogP contribution in [0, 0.1) is 5.92 Å². The zero-order valence-corrected chi connectivity index (χ0v) is 13.1. The van der Waals surface area contributed by atoms with Crippen LogP contribution in [0.5, 0.6) is 17.2 Å². The Kier molecular flexibility index (Phi) is 4.94. The van der Waals surface area contributed by atoms with Crippen LogP contribution in [-0.2, 0) is 0 Å². The average Bonchev–Trinajstić information content (AvgIpc) is 2.90. The molecule has 1 fully saturated rings. The van der Waals surface area contributed by atoms with E-state index in [1.807, 2.05) is 0 Å². The van der Waals surface area contributed by atoms with E-state index in [2.05, 4.69) is 12.2 Å². The van der Waals surface area contributed by atoms with Gasteiger partial charge in [-0.1, -0.05) is 6.92 Å². The van der Waals surface area contributed by atoms with Gasteiger partial charge in [0.05, 0.1) is 26.9 Å². The number of carbonyl (C=O) groups excluding carboxylic acids is 1. The quantitative estimate of drug-likeness (QED) is 0.906. The van der Waals surface area contributed by atoms with E-state index >= 15 is 0 Å².